The maximum absolute atomic E-state index is 12.0. The fraction of sp³-hybridized carbons (Fsp3) is 0.533. The van der Waals surface area contributed by atoms with Gasteiger partial charge in [-0.05, 0) is 30.2 Å². The van der Waals surface area contributed by atoms with Gasteiger partial charge >= 0.3 is 0 Å². The van der Waals surface area contributed by atoms with Crippen molar-refractivity contribution in [2.75, 3.05) is 19.7 Å². The average Bonchev–Trinajstić information content (AvgIpc) is 2.57. The Morgan fingerprint density at radius 1 is 1.42 bits per heavy atom. The molecule has 4 heteroatoms. The summed E-state index contributed by atoms with van der Waals surface area (Å²) < 4.78 is 5.57. The smallest absolute Gasteiger partial charge is 0.255 e. The molecule has 0 radical (unpaired) electrons. The second-order valence-corrected chi connectivity index (χ2v) is 5.14. The quantitative estimate of drug-likeness (QED) is 0.874. The summed E-state index contributed by atoms with van der Waals surface area (Å²) in [5.41, 5.74) is 1.77. The van der Waals surface area contributed by atoms with Crippen LogP contribution in [0.25, 0.3) is 0 Å². The lowest BCUT2D eigenvalue weighted by Crippen LogP contribution is -2.26. The van der Waals surface area contributed by atoms with Gasteiger partial charge in [0.25, 0.3) is 5.91 Å². The van der Waals surface area contributed by atoms with E-state index in [1.807, 2.05) is 18.2 Å². The second kappa shape index (κ2) is 6.06. The molecule has 0 fully saturated rings. The molecule has 1 aliphatic heterocycles. The number of carbonyl (C=O) groups excluding carboxylic acids is 1. The van der Waals surface area contributed by atoms with Crippen LogP contribution in [0.1, 0.15) is 42.7 Å². The van der Waals surface area contributed by atoms with Crippen LogP contribution in [-0.4, -0.2) is 25.6 Å². The van der Waals surface area contributed by atoms with E-state index < -0.39 is 0 Å². The van der Waals surface area contributed by atoms with E-state index in [0.717, 1.165) is 12.1 Å². The van der Waals surface area contributed by atoms with Crippen molar-refractivity contribution in [2.24, 2.45) is 5.92 Å². The first-order valence-electron chi connectivity index (χ1n) is 6.91. The topological polar surface area (TPSA) is 50.4 Å². The molecule has 1 aromatic carbocycles. The number of ether oxygens (including phenoxy) is 1. The molecule has 1 unspecified atom stereocenters. The number of rotatable bonds is 4. The maximum Gasteiger partial charge on any atom is 0.255 e. The summed E-state index contributed by atoms with van der Waals surface area (Å²) in [7, 11) is 0. The van der Waals surface area contributed by atoms with Gasteiger partial charge in [-0.3, -0.25) is 4.79 Å². The van der Waals surface area contributed by atoms with Crippen molar-refractivity contribution in [2.45, 2.75) is 26.8 Å². The van der Waals surface area contributed by atoms with E-state index in [4.69, 9.17) is 4.74 Å². The van der Waals surface area contributed by atoms with E-state index in [2.05, 4.69) is 31.4 Å². The molecular weight excluding hydrogens is 240 g/mol. The fourth-order valence-electron chi connectivity index (χ4n) is 2.42. The zero-order valence-electron chi connectivity index (χ0n) is 11.8. The second-order valence-electron chi connectivity index (χ2n) is 5.14. The molecule has 0 spiro atoms. The van der Waals surface area contributed by atoms with Gasteiger partial charge in [0.15, 0.2) is 0 Å². The van der Waals surface area contributed by atoms with Gasteiger partial charge in [0.2, 0.25) is 0 Å². The molecule has 1 heterocycles. The highest BCUT2D eigenvalue weighted by Crippen LogP contribution is 2.28. The van der Waals surface area contributed by atoms with Crippen molar-refractivity contribution in [3.8, 4) is 5.75 Å². The summed E-state index contributed by atoms with van der Waals surface area (Å²) in [5.74, 6) is 1.10. The molecule has 0 bridgehead atoms. The Bertz CT molecular complexity index is 457. The van der Waals surface area contributed by atoms with Crippen LogP contribution in [0, 0.1) is 5.92 Å². The average molecular weight is 262 g/mol. The van der Waals surface area contributed by atoms with Crippen LogP contribution in [0.2, 0.25) is 0 Å². The van der Waals surface area contributed by atoms with E-state index in [-0.39, 0.29) is 11.9 Å². The number of hydrogen-bond acceptors (Lipinski definition) is 3. The van der Waals surface area contributed by atoms with Crippen molar-refractivity contribution in [3.63, 3.8) is 0 Å². The lowest BCUT2D eigenvalue weighted by Gasteiger charge is -2.23. The number of nitrogens with one attached hydrogen (secondary N) is 2. The number of fused-ring (bicyclic) bond motifs is 1. The molecule has 1 aliphatic rings. The Labute approximate surface area is 114 Å². The SMILES string of the molecule is CCNC(c1ccc2c(c1)C(=O)NCCO2)C(C)C. The summed E-state index contributed by atoms with van der Waals surface area (Å²) in [5, 5.41) is 6.31. The highest BCUT2D eigenvalue weighted by Gasteiger charge is 2.20. The molecule has 19 heavy (non-hydrogen) atoms. The van der Waals surface area contributed by atoms with Crippen LogP contribution in [0.15, 0.2) is 18.2 Å². The van der Waals surface area contributed by atoms with Crippen molar-refractivity contribution in [1.82, 2.24) is 10.6 Å². The predicted octanol–water partition coefficient (Wildman–Crippen LogP) is 2.12. The minimum absolute atomic E-state index is 0.0478. The molecule has 1 amide bonds. The van der Waals surface area contributed by atoms with Gasteiger partial charge in [-0.1, -0.05) is 26.8 Å². The summed E-state index contributed by atoms with van der Waals surface area (Å²) in [4.78, 5) is 12.0. The van der Waals surface area contributed by atoms with E-state index in [0.29, 0.717) is 30.4 Å². The van der Waals surface area contributed by atoms with Crippen molar-refractivity contribution < 1.29 is 9.53 Å². The molecule has 2 N–H and O–H groups in total. The number of benzene rings is 1. The van der Waals surface area contributed by atoms with Crippen LogP contribution in [-0.2, 0) is 0 Å². The minimum atomic E-state index is -0.0478. The number of hydrogen-bond donors (Lipinski definition) is 2. The summed E-state index contributed by atoms with van der Waals surface area (Å²) in [6.07, 6.45) is 0. The predicted molar refractivity (Wildman–Crippen MR) is 75.5 cm³/mol. The fourth-order valence-corrected chi connectivity index (χ4v) is 2.42. The molecule has 0 aromatic heterocycles. The van der Waals surface area contributed by atoms with Crippen LogP contribution in [0.3, 0.4) is 0 Å². The van der Waals surface area contributed by atoms with Crippen LogP contribution in [0.4, 0.5) is 0 Å². The molecule has 104 valence electrons. The van der Waals surface area contributed by atoms with E-state index in [1.54, 1.807) is 0 Å². The molecule has 1 aromatic rings. The summed E-state index contributed by atoms with van der Waals surface area (Å²) >= 11 is 0. The standard InChI is InChI=1S/C15H22N2O2/c1-4-16-14(10(2)3)11-5-6-13-12(9-11)15(18)17-7-8-19-13/h5-6,9-10,14,16H,4,7-8H2,1-3H3,(H,17,18). The minimum Gasteiger partial charge on any atom is -0.491 e. The zero-order valence-corrected chi connectivity index (χ0v) is 11.8. The van der Waals surface area contributed by atoms with Crippen molar-refractivity contribution in [1.29, 1.82) is 0 Å². The van der Waals surface area contributed by atoms with E-state index >= 15 is 0 Å². The first kappa shape index (κ1) is 13.9. The van der Waals surface area contributed by atoms with Crippen LogP contribution < -0.4 is 15.4 Å². The molecular formula is C15H22N2O2. The lowest BCUT2D eigenvalue weighted by atomic mass is 9.94. The van der Waals surface area contributed by atoms with Gasteiger partial charge < -0.3 is 15.4 Å². The normalized spacial score (nSPS) is 16.3. The monoisotopic (exact) mass is 262 g/mol. The first-order valence-corrected chi connectivity index (χ1v) is 6.91. The Kier molecular flexibility index (Phi) is 4.43. The Hall–Kier alpha value is -1.55. The third-order valence-electron chi connectivity index (χ3n) is 3.34. The van der Waals surface area contributed by atoms with Gasteiger partial charge in [-0.2, -0.15) is 0 Å². The van der Waals surface area contributed by atoms with Crippen LogP contribution >= 0.6 is 0 Å². The van der Waals surface area contributed by atoms with Crippen molar-refractivity contribution >= 4 is 5.91 Å². The number of carbonyl (C=O) groups is 1. The number of amides is 1. The van der Waals surface area contributed by atoms with Gasteiger partial charge in [-0.15, -0.1) is 0 Å². The summed E-state index contributed by atoms with van der Waals surface area (Å²) in [6.45, 7) is 8.44. The molecule has 0 saturated carbocycles. The third kappa shape index (κ3) is 3.07. The molecule has 2 rings (SSSR count). The highest BCUT2D eigenvalue weighted by molar-refractivity contribution is 5.97. The Morgan fingerprint density at radius 3 is 2.89 bits per heavy atom. The molecule has 0 saturated heterocycles. The molecule has 4 nitrogen and oxygen atoms in total. The first-order chi connectivity index (χ1) is 9.13. The third-order valence-corrected chi connectivity index (χ3v) is 3.34. The Morgan fingerprint density at radius 2 is 2.21 bits per heavy atom. The van der Waals surface area contributed by atoms with Crippen molar-refractivity contribution in [3.05, 3.63) is 29.3 Å². The van der Waals surface area contributed by atoms with E-state index in [9.17, 15) is 4.79 Å². The Balaban J connectivity index is 2.35. The molecule has 1 atom stereocenters. The molecule has 0 aliphatic carbocycles. The summed E-state index contributed by atoms with van der Waals surface area (Å²) in [6, 6.07) is 6.16. The van der Waals surface area contributed by atoms with Crippen LogP contribution in [0.5, 0.6) is 5.75 Å². The van der Waals surface area contributed by atoms with Gasteiger partial charge in [0, 0.05) is 6.04 Å². The maximum atomic E-state index is 12.0. The lowest BCUT2D eigenvalue weighted by molar-refractivity contribution is 0.0957. The van der Waals surface area contributed by atoms with Gasteiger partial charge in [-0.25, -0.2) is 0 Å². The van der Waals surface area contributed by atoms with Gasteiger partial charge in [0.1, 0.15) is 12.4 Å². The van der Waals surface area contributed by atoms with E-state index in [1.165, 1.54) is 0 Å². The zero-order chi connectivity index (χ0) is 13.8. The highest BCUT2D eigenvalue weighted by atomic mass is 16.5. The van der Waals surface area contributed by atoms with Gasteiger partial charge in [0.05, 0.1) is 12.1 Å². The largest absolute Gasteiger partial charge is 0.491 e.